The molecule has 0 aromatic heterocycles. The number of hydrogen-bond donors (Lipinski definition) is 2. The van der Waals surface area contributed by atoms with Crippen LogP contribution in [0.15, 0.2) is 30.3 Å². The van der Waals surface area contributed by atoms with Crippen molar-refractivity contribution >= 4 is 24.8 Å². The Balaban J connectivity index is 0. The highest BCUT2D eigenvalue weighted by atomic mass is 35.5. The van der Waals surface area contributed by atoms with Crippen LogP contribution in [0.5, 0.6) is 0 Å². The minimum absolute atomic E-state index is 0. The third-order valence-electron chi connectivity index (χ3n) is 1.86. The van der Waals surface area contributed by atoms with Gasteiger partial charge in [0.15, 0.2) is 0 Å². The lowest BCUT2D eigenvalue weighted by Gasteiger charge is -2.23. The summed E-state index contributed by atoms with van der Waals surface area (Å²) in [7, 11) is 0. The number of benzene rings is 1. The minimum atomic E-state index is -0.138. The van der Waals surface area contributed by atoms with E-state index in [0.717, 1.165) is 0 Å². The van der Waals surface area contributed by atoms with Gasteiger partial charge in [0, 0.05) is 0 Å². The molecule has 0 fully saturated rings. The van der Waals surface area contributed by atoms with Crippen molar-refractivity contribution in [3.05, 3.63) is 35.9 Å². The number of nitrogens with two attached hydrogens (primary N) is 1. The predicted molar refractivity (Wildman–Crippen MR) is 61.3 cm³/mol. The van der Waals surface area contributed by atoms with Crippen molar-refractivity contribution in [3.8, 4) is 0 Å². The maximum Gasteiger partial charge on any atom is 0.0513 e. The number of hydrazine groups is 1. The predicted octanol–water partition coefficient (Wildman–Crippen LogP) is 2.23. The number of nitrogens with one attached hydrogen (secondary N) is 1. The van der Waals surface area contributed by atoms with Crippen LogP contribution in [0, 0.1) is 0 Å². The quantitative estimate of drug-likeness (QED) is 0.596. The van der Waals surface area contributed by atoms with E-state index in [1.165, 1.54) is 5.56 Å². The van der Waals surface area contributed by atoms with Crippen LogP contribution < -0.4 is 11.3 Å². The molecule has 0 saturated carbocycles. The van der Waals surface area contributed by atoms with Gasteiger partial charge >= 0.3 is 0 Å². The number of hydrogen-bond acceptors (Lipinski definition) is 2. The highest BCUT2D eigenvalue weighted by Gasteiger charge is 2.16. The van der Waals surface area contributed by atoms with Crippen LogP contribution in [0.4, 0.5) is 0 Å². The van der Waals surface area contributed by atoms with Crippen molar-refractivity contribution in [1.82, 2.24) is 5.43 Å². The second kappa shape index (κ2) is 6.22. The van der Waals surface area contributed by atoms with E-state index in [1.54, 1.807) is 0 Å². The summed E-state index contributed by atoms with van der Waals surface area (Å²) in [4.78, 5) is 0. The van der Waals surface area contributed by atoms with Gasteiger partial charge in [-0.2, -0.15) is 0 Å². The summed E-state index contributed by atoms with van der Waals surface area (Å²) < 4.78 is 0. The molecule has 3 N–H and O–H groups in total. The Morgan fingerprint density at radius 2 is 1.54 bits per heavy atom. The normalized spacial score (nSPS) is 9.77. The van der Waals surface area contributed by atoms with E-state index in [-0.39, 0.29) is 30.4 Å². The zero-order valence-corrected chi connectivity index (χ0v) is 9.41. The minimum Gasteiger partial charge on any atom is -0.271 e. The average Bonchev–Trinajstić information content (AvgIpc) is 2.06. The molecule has 1 rings (SSSR count). The Morgan fingerprint density at radius 3 is 1.92 bits per heavy atom. The van der Waals surface area contributed by atoms with Crippen LogP contribution in [0.25, 0.3) is 0 Å². The zero-order valence-electron chi connectivity index (χ0n) is 7.78. The average molecular weight is 223 g/mol. The molecule has 0 bridgehead atoms. The Hall–Kier alpha value is -0.280. The molecule has 0 aliphatic carbocycles. The van der Waals surface area contributed by atoms with Gasteiger partial charge in [0.1, 0.15) is 0 Å². The number of halogens is 2. The first-order valence-corrected chi connectivity index (χ1v) is 3.70. The molecule has 0 unspecified atom stereocenters. The summed E-state index contributed by atoms with van der Waals surface area (Å²) in [5.74, 6) is 5.39. The van der Waals surface area contributed by atoms with E-state index in [1.807, 2.05) is 32.0 Å². The molecule has 0 atom stereocenters. The topological polar surface area (TPSA) is 38.0 Å². The maximum atomic E-state index is 5.39. The molecule has 76 valence electrons. The lowest BCUT2D eigenvalue weighted by atomic mass is 9.95. The van der Waals surface area contributed by atoms with E-state index in [9.17, 15) is 0 Å². The molecule has 0 aliphatic rings. The Labute approximate surface area is 91.7 Å². The van der Waals surface area contributed by atoms with Gasteiger partial charge < -0.3 is 0 Å². The molecule has 1 aromatic carbocycles. The molecule has 0 radical (unpaired) electrons. The van der Waals surface area contributed by atoms with Crippen molar-refractivity contribution in [3.63, 3.8) is 0 Å². The van der Waals surface area contributed by atoms with Crippen molar-refractivity contribution in [1.29, 1.82) is 0 Å². The van der Waals surface area contributed by atoms with Crippen LogP contribution in [-0.4, -0.2) is 0 Å². The van der Waals surface area contributed by atoms with Gasteiger partial charge in [-0.05, 0) is 19.4 Å². The van der Waals surface area contributed by atoms with Crippen LogP contribution in [0.2, 0.25) is 0 Å². The third-order valence-corrected chi connectivity index (χ3v) is 1.86. The summed E-state index contributed by atoms with van der Waals surface area (Å²) in [6, 6.07) is 10.1. The molecule has 2 nitrogen and oxygen atoms in total. The van der Waals surface area contributed by atoms with Crippen molar-refractivity contribution in [2.75, 3.05) is 0 Å². The van der Waals surface area contributed by atoms with Gasteiger partial charge in [-0.15, -0.1) is 24.8 Å². The summed E-state index contributed by atoms with van der Waals surface area (Å²) in [6.07, 6.45) is 0. The van der Waals surface area contributed by atoms with Gasteiger partial charge in [-0.3, -0.25) is 11.3 Å². The summed E-state index contributed by atoms with van der Waals surface area (Å²) >= 11 is 0. The van der Waals surface area contributed by atoms with Gasteiger partial charge in [-0.25, -0.2) is 0 Å². The standard InChI is InChI=1S/C9H14N2.2ClH/c1-9(2,11-10)8-6-4-3-5-7-8;;/h3-7,11H,10H2,1-2H3;2*1H. The molecular weight excluding hydrogens is 207 g/mol. The monoisotopic (exact) mass is 222 g/mol. The van der Waals surface area contributed by atoms with Gasteiger partial charge in [0.05, 0.1) is 5.54 Å². The Kier molecular flexibility index (Phi) is 7.27. The van der Waals surface area contributed by atoms with Crippen LogP contribution >= 0.6 is 24.8 Å². The molecule has 1 aromatic rings. The van der Waals surface area contributed by atoms with E-state index in [4.69, 9.17) is 5.84 Å². The Bertz CT molecular complexity index is 224. The van der Waals surface area contributed by atoms with Gasteiger partial charge in [0.25, 0.3) is 0 Å². The second-order valence-electron chi connectivity index (χ2n) is 3.14. The highest BCUT2D eigenvalue weighted by Crippen LogP contribution is 2.17. The maximum absolute atomic E-state index is 5.39. The molecular formula is C9H16Cl2N2. The molecule has 4 heteroatoms. The Morgan fingerprint density at radius 1 is 1.08 bits per heavy atom. The smallest absolute Gasteiger partial charge is 0.0513 e. The largest absolute Gasteiger partial charge is 0.271 e. The zero-order chi connectivity index (χ0) is 8.32. The fraction of sp³-hybridized carbons (Fsp3) is 0.333. The number of rotatable bonds is 2. The molecule has 0 amide bonds. The summed E-state index contributed by atoms with van der Waals surface area (Å²) in [5, 5.41) is 0. The lowest BCUT2D eigenvalue weighted by Crippen LogP contribution is -2.41. The molecule has 13 heavy (non-hydrogen) atoms. The second-order valence-corrected chi connectivity index (χ2v) is 3.14. The fourth-order valence-electron chi connectivity index (χ4n) is 0.938. The first kappa shape index (κ1) is 15.2. The fourth-order valence-corrected chi connectivity index (χ4v) is 0.938. The molecule has 0 saturated heterocycles. The first-order chi connectivity index (χ1) is 5.17. The lowest BCUT2D eigenvalue weighted by molar-refractivity contribution is 0.414. The highest BCUT2D eigenvalue weighted by molar-refractivity contribution is 5.85. The van der Waals surface area contributed by atoms with Crippen LogP contribution in [-0.2, 0) is 5.54 Å². The van der Waals surface area contributed by atoms with E-state index >= 15 is 0 Å². The van der Waals surface area contributed by atoms with Crippen molar-refractivity contribution in [2.24, 2.45) is 5.84 Å². The van der Waals surface area contributed by atoms with Crippen LogP contribution in [0.3, 0.4) is 0 Å². The molecule has 0 aliphatic heterocycles. The van der Waals surface area contributed by atoms with Crippen molar-refractivity contribution < 1.29 is 0 Å². The van der Waals surface area contributed by atoms with Crippen LogP contribution in [0.1, 0.15) is 19.4 Å². The van der Waals surface area contributed by atoms with E-state index < -0.39 is 0 Å². The summed E-state index contributed by atoms with van der Waals surface area (Å²) in [6.45, 7) is 4.09. The van der Waals surface area contributed by atoms with E-state index in [2.05, 4.69) is 17.6 Å². The first-order valence-electron chi connectivity index (χ1n) is 3.70. The SMILES string of the molecule is CC(C)(NN)c1ccccc1.Cl.Cl. The van der Waals surface area contributed by atoms with Gasteiger partial charge in [-0.1, -0.05) is 30.3 Å². The van der Waals surface area contributed by atoms with E-state index in [0.29, 0.717) is 0 Å². The molecule has 0 heterocycles. The van der Waals surface area contributed by atoms with Crippen molar-refractivity contribution in [2.45, 2.75) is 19.4 Å². The van der Waals surface area contributed by atoms with Gasteiger partial charge in [0.2, 0.25) is 0 Å². The third kappa shape index (κ3) is 3.96. The summed E-state index contributed by atoms with van der Waals surface area (Å²) in [5.41, 5.74) is 3.82. The molecule has 0 spiro atoms.